The van der Waals surface area contributed by atoms with E-state index < -0.39 is 0 Å². The molecule has 2 aliphatic rings. The normalized spacial score (nSPS) is 19.6. The van der Waals surface area contributed by atoms with E-state index in [0.717, 1.165) is 22.6 Å². The van der Waals surface area contributed by atoms with Gasteiger partial charge in [0.1, 0.15) is 29.9 Å². The number of aromatic nitrogens is 3. The molecule has 0 unspecified atom stereocenters. The van der Waals surface area contributed by atoms with Crippen molar-refractivity contribution in [1.82, 2.24) is 25.2 Å². The molecule has 1 saturated carbocycles. The van der Waals surface area contributed by atoms with E-state index in [1.165, 1.54) is 26.3 Å². The minimum Gasteiger partial charge on any atom is -0.493 e. The van der Waals surface area contributed by atoms with Gasteiger partial charge >= 0.3 is 0 Å². The second-order valence-corrected chi connectivity index (χ2v) is 10.1. The summed E-state index contributed by atoms with van der Waals surface area (Å²) in [5.74, 6) is 1.13. The number of aryl methyl sites for hydroxylation is 2. The van der Waals surface area contributed by atoms with Crippen molar-refractivity contribution in [2.24, 2.45) is 5.92 Å². The van der Waals surface area contributed by atoms with Crippen LogP contribution in [0, 0.1) is 19.8 Å². The molecule has 0 bridgehead atoms. The summed E-state index contributed by atoms with van der Waals surface area (Å²) >= 11 is 0. The molecule has 1 saturated heterocycles. The van der Waals surface area contributed by atoms with Crippen LogP contribution in [0.1, 0.15) is 47.8 Å². The van der Waals surface area contributed by atoms with Crippen LogP contribution in [-0.4, -0.2) is 70.6 Å². The fourth-order valence-corrected chi connectivity index (χ4v) is 5.00. The molecule has 1 aromatic carbocycles. The van der Waals surface area contributed by atoms with Crippen molar-refractivity contribution in [1.29, 1.82) is 0 Å². The summed E-state index contributed by atoms with van der Waals surface area (Å²) in [7, 11) is 1.51. The molecule has 2 N–H and O–H groups in total. The molecule has 2 amide bonds. The van der Waals surface area contributed by atoms with Crippen molar-refractivity contribution in [2.75, 3.05) is 26.9 Å². The number of carbonyl (C=O) groups excluding carboxylic acids is 2. The van der Waals surface area contributed by atoms with Gasteiger partial charge in [0.05, 0.1) is 17.7 Å². The Morgan fingerprint density at radius 2 is 2.03 bits per heavy atom. The van der Waals surface area contributed by atoms with Crippen molar-refractivity contribution in [3.05, 3.63) is 41.3 Å². The van der Waals surface area contributed by atoms with Crippen molar-refractivity contribution < 1.29 is 19.1 Å². The Bertz CT molecular complexity index is 1300. The zero-order valence-corrected chi connectivity index (χ0v) is 21.3. The third kappa shape index (κ3) is 4.80. The number of benzene rings is 1. The number of nitrogens with zero attached hydrogens (tertiary/aromatic N) is 3. The van der Waals surface area contributed by atoms with Gasteiger partial charge in [0.25, 0.3) is 5.91 Å². The Balaban J connectivity index is 1.42. The van der Waals surface area contributed by atoms with Gasteiger partial charge in [-0.1, -0.05) is 11.6 Å². The maximum atomic E-state index is 13.4. The predicted molar refractivity (Wildman–Crippen MR) is 136 cm³/mol. The first-order valence-corrected chi connectivity index (χ1v) is 12.5. The van der Waals surface area contributed by atoms with Gasteiger partial charge in [0, 0.05) is 37.0 Å². The standard InChI is InChI=1S/C27H33N5O4/c1-15-5-8-21(36-12-18-6-7-18)20(9-15)24-26-25(29-14-28-24)23(17(3)30-26)27(34)31-19-10-16(2)32(11-19)22(33)13-35-4/h5,8-9,14,16,18-19,30H,6-7,10-13H2,1-4H3,(H,31,34)/t16-,19-/m1/s1. The lowest BCUT2D eigenvalue weighted by atomic mass is 10.1. The average molecular weight is 492 g/mol. The number of methoxy groups -OCH3 is 1. The molecule has 5 rings (SSSR count). The second-order valence-electron chi connectivity index (χ2n) is 10.1. The van der Waals surface area contributed by atoms with Gasteiger partial charge in [-0.25, -0.2) is 9.97 Å². The minimum atomic E-state index is -0.212. The van der Waals surface area contributed by atoms with Gasteiger partial charge < -0.3 is 24.7 Å². The highest BCUT2D eigenvalue weighted by Crippen LogP contribution is 2.37. The molecule has 190 valence electrons. The SMILES string of the molecule is COCC(=O)N1C[C@H](NC(=O)c2c(C)[nH]c3c(-c4cc(C)ccc4OCC4CC4)ncnc23)C[C@H]1C. The van der Waals surface area contributed by atoms with E-state index in [-0.39, 0.29) is 30.5 Å². The topological polar surface area (TPSA) is 109 Å². The highest BCUT2D eigenvalue weighted by Gasteiger charge is 2.34. The van der Waals surface area contributed by atoms with Gasteiger partial charge in [-0.15, -0.1) is 0 Å². The van der Waals surface area contributed by atoms with Crippen molar-refractivity contribution in [3.8, 4) is 17.0 Å². The monoisotopic (exact) mass is 491 g/mol. The number of amides is 2. The number of carbonyl (C=O) groups is 2. The Hall–Kier alpha value is -3.46. The second kappa shape index (κ2) is 9.89. The van der Waals surface area contributed by atoms with Crippen LogP contribution in [0.4, 0.5) is 0 Å². The molecule has 36 heavy (non-hydrogen) atoms. The first-order valence-electron chi connectivity index (χ1n) is 12.5. The molecule has 3 aromatic rings. The maximum absolute atomic E-state index is 13.4. The van der Waals surface area contributed by atoms with Gasteiger partial charge in [0.15, 0.2) is 0 Å². The van der Waals surface area contributed by atoms with Crippen LogP contribution in [0.3, 0.4) is 0 Å². The van der Waals surface area contributed by atoms with E-state index in [1.54, 1.807) is 4.90 Å². The average Bonchev–Trinajstić information content (AvgIpc) is 3.51. The Kier molecular flexibility index (Phi) is 6.66. The quantitative estimate of drug-likeness (QED) is 0.500. The lowest BCUT2D eigenvalue weighted by Gasteiger charge is -2.20. The zero-order chi connectivity index (χ0) is 25.4. The summed E-state index contributed by atoms with van der Waals surface area (Å²) in [6.45, 7) is 7.09. The van der Waals surface area contributed by atoms with E-state index in [9.17, 15) is 9.59 Å². The molecular weight excluding hydrogens is 458 g/mol. The van der Waals surface area contributed by atoms with Crippen molar-refractivity contribution in [2.45, 2.75) is 52.1 Å². The summed E-state index contributed by atoms with van der Waals surface area (Å²) in [5, 5.41) is 3.11. The fourth-order valence-electron chi connectivity index (χ4n) is 5.00. The molecule has 9 heteroatoms. The lowest BCUT2D eigenvalue weighted by molar-refractivity contribution is -0.135. The van der Waals surface area contributed by atoms with Gasteiger partial charge in [-0.05, 0) is 58.1 Å². The van der Waals surface area contributed by atoms with E-state index in [4.69, 9.17) is 9.47 Å². The smallest absolute Gasteiger partial charge is 0.255 e. The summed E-state index contributed by atoms with van der Waals surface area (Å²) < 4.78 is 11.1. The first-order chi connectivity index (χ1) is 17.4. The molecule has 2 fully saturated rings. The van der Waals surface area contributed by atoms with Crippen LogP contribution >= 0.6 is 0 Å². The van der Waals surface area contributed by atoms with Crippen LogP contribution in [0.15, 0.2) is 24.5 Å². The van der Waals surface area contributed by atoms with Crippen LogP contribution in [0.5, 0.6) is 5.75 Å². The molecule has 2 aromatic heterocycles. The molecule has 2 atom stereocenters. The third-order valence-corrected chi connectivity index (χ3v) is 7.06. The fraction of sp³-hybridized carbons (Fsp3) is 0.481. The van der Waals surface area contributed by atoms with Crippen LogP contribution in [0.25, 0.3) is 22.3 Å². The number of hydrogen-bond acceptors (Lipinski definition) is 6. The molecule has 9 nitrogen and oxygen atoms in total. The predicted octanol–water partition coefficient (Wildman–Crippen LogP) is 3.40. The van der Waals surface area contributed by atoms with Crippen LogP contribution in [0.2, 0.25) is 0 Å². The van der Waals surface area contributed by atoms with Crippen molar-refractivity contribution in [3.63, 3.8) is 0 Å². The van der Waals surface area contributed by atoms with E-state index >= 15 is 0 Å². The highest BCUT2D eigenvalue weighted by molar-refractivity contribution is 6.09. The number of nitrogens with one attached hydrogen (secondary N) is 2. The highest BCUT2D eigenvalue weighted by atomic mass is 16.5. The number of rotatable bonds is 8. The molecular formula is C27H33N5O4. The third-order valence-electron chi connectivity index (χ3n) is 7.06. The number of fused-ring (bicyclic) bond motifs is 1. The van der Waals surface area contributed by atoms with Gasteiger partial charge in [-0.2, -0.15) is 0 Å². The molecule has 0 spiro atoms. The molecule has 3 heterocycles. The summed E-state index contributed by atoms with van der Waals surface area (Å²) in [4.78, 5) is 39.9. The zero-order valence-electron chi connectivity index (χ0n) is 21.3. The molecule has 0 radical (unpaired) electrons. The Morgan fingerprint density at radius 3 is 2.78 bits per heavy atom. The summed E-state index contributed by atoms with van der Waals surface area (Å²) in [6.07, 6.45) is 4.61. The molecule has 1 aliphatic heterocycles. The number of ether oxygens (including phenoxy) is 2. The number of hydrogen-bond donors (Lipinski definition) is 2. The number of aromatic amines is 1. The summed E-state index contributed by atoms with van der Waals surface area (Å²) in [5.41, 5.74) is 5.18. The van der Waals surface area contributed by atoms with Crippen molar-refractivity contribution >= 4 is 22.8 Å². The minimum absolute atomic E-state index is 0.0336. The first kappa shape index (κ1) is 24.2. The van der Waals surface area contributed by atoms with E-state index in [2.05, 4.69) is 26.3 Å². The maximum Gasteiger partial charge on any atom is 0.255 e. The lowest BCUT2D eigenvalue weighted by Crippen LogP contribution is -2.40. The Morgan fingerprint density at radius 1 is 1.22 bits per heavy atom. The summed E-state index contributed by atoms with van der Waals surface area (Å²) in [6, 6.07) is 5.98. The van der Waals surface area contributed by atoms with Gasteiger partial charge in [-0.3, -0.25) is 9.59 Å². The van der Waals surface area contributed by atoms with E-state index in [1.807, 2.05) is 32.9 Å². The van der Waals surface area contributed by atoms with Crippen LogP contribution in [-0.2, 0) is 9.53 Å². The number of likely N-dealkylation sites (tertiary alicyclic amines) is 1. The molecule has 1 aliphatic carbocycles. The Labute approximate surface area is 210 Å². The number of H-pyrrole nitrogens is 1. The largest absolute Gasteiger partial charge is 0.493 e. The van der Waals surface area contributed by atoms with E-state index in [0.29, 0.717) is 47.8 Å². The van der Waals surface area contributed by atoms with Crippen LogP contribution < -0.4 is 10.1 Å². The van der Waals surface area contributed by atoms with Gasteiger partial charge in [0.2, 0.25) is 5.91 Å².